The van der Waals surface area contributed by atoms with Crippen LogP contribution < -0.4 is 21.3 Å². The standard InChI is InChI=1S/C33H35ClN6O/c1-23(41)39-26-10-12-28-30-22-37-16-13-29(30)33(40-32(28)20-26)38-18-17-35-14-5-6-15-36-21-24-9-11-27(31(34)19-24)25-7-3-2-4-8-25/h2-4,7-13,16,19-20,22,35-36H,5-6,14-15,17-18,21H2,1H3,(H,38,40)(H,39,41). The highest BCUT2D eigenvalue weighted by atomic mass is 35.5. The van der Waals surface area contributed by atoms with E-state index in [1.54, 1.807) is 6.20 Å². The van der Waals surface area contributed by atoms with Gasteiger partial charge in [-0.15, -0.1) is 0 Å². The van der Waals surface area contributed by atoms with Crippen LogP contribution in [-0.4, -0.2) is 42.1 Å². The molecule has 0 fully saturated rings. The molecule has 2 aromatic heterocycles. The molecule has 4 N–H and O–H groups in total. The normalized spacial score (nSPS) is 11.2. The summed E-state index contributed by atoms with van der Waals surface area (Å²) < 4.78 is 0. The number of carbonyl (C=O) groups is 1. The van der Waals surface area contributed by atoms with Gasteiger partial charge in [-0.1, -0.05) is 60.1 Å². The summed E-state index contributed by atoms with van der Waals surface area (Å²) in [6.07, 6.45) is 5.84. The van der Waals surface area contributed by atoms with Crippen molar-refractivity contribution < 1.29 is 4.79 Å². The molecule has 41 heavy (non-hydrogen) atoms. The van der Waals surface area contributed by atoms with E-state index >= 15 is 0 Å². The van der Waals surface area contributed by atoms with Crippen molar-refractivity contribution in [3.8, 4) is 11.1 Å². The number of unbranched alkanes of at least 4 members (excludes halogenated alkanes) is 1. The maximum absolute atomic E-state index is 11.5. The van der Waals surface area contributed by atoms with Crippen LogP contribution in [0.25, 0.3) is 32.8 Å². The Bertz CT molecular complexity index is 1630. The number of nitrogens with one attached hydrogen (secondary N) is 4. The third-order valence-corrected chi connectivity index (χ3v) is 7.23. The second-order valence-electron chi connectivity index (χ2n) is 10.0. The number of hydrogen-bond donors (Lipinski definition) is 4. The van der Waals surface area contributed by atoms with Crippen LogP contribution in [-0.2, 0) is 11.3 Å². The Labute approximate surface area is 245 Å². The van der Waals surface area contributed by atoms with Gasteiger partial charge >= 0.3 is 0 Å². The highest BCUT2D eigenvalue weighted by Crippen LogP contribution is 2.30. The third kappa shape index (κ3) is 7.58. The van der Waals surface area contributed by atoms with E-state index in [9.17, 15) is 4.79 Å². The average molecular weight is 567 g/mol. The Morgan fingerprint density at radius 3 is 2.46 bits per heavy atom. The Balaban J connectivity index is 1.03. The topological polar surface area (TPSA) is 91.0 Å². The smallest absolute Gasteiger partial charge is 0.221 e. The second kappa shape index (κ2) is 14.0. The lowest BCUT2D eigenvalue weighted by molar-refractivity contribution is -0.114. The largest absolute Gasteiger partial charge is 0.368 e. The van der Waals surface area contributed by atoms with Crippen molar-refractivity contribution in [3.05, 3.63) is 95.8 Å². The Morgan fingerprint density at radius 1 is 0.829 bits per heavy atom. The molecule has 2 heterocycles. The molecule has 3 aromatic carbocycles. The number of benzene rings is 3. The predicted octanol–water partition coefficient (Wildman–Crippen LogP) is 6.63. The van der Waals surface area contributed by atoms with Crippen molar-refractivity contribution in [1.29, 1.82) is 0 Å². The molecule has 5 rings (SSSR count). The number of amides is 1. The number of halogens is 1. The van der Waals surface area contributed by atoms with Gasteiger partial charge in [0.15, 0.2) is 0 Å². The molecule has 0 spiro atoms. The first-order valence-corrected chi connectivity index (χ1v) is 14.4. The maximum Gasteiger partial charge on any atom is 0.221 e. The lowest BCUT2D eigenvalue weighted by Crippen LogP contribution is -2.24. The van der Waals surface area contributed by atoms with Gasteiger partial charge in [0, 0.05) is 71.4 Å². The predicted molar refractivity (Wildman–Crippen MR) is 171 cm³/mol. The first-order chi connectivity index (χ1) is 20.1. The fourth-order valence-corrected chi connectivity index (χ4v) is 5.22. The molecule has 1 amide bonds. The van der Waals surface area contributed by atoms with Gasteiger partial charge in [-0.25, -0.2) is 4.98 Å². The van der Waals surface area contributed by atoms with Crippen LogP contribution >= 0.6 is 11.6 Å². The van der Waals surface area contributed by atoms with Gasteiger partial charge in [-0.3, -0.25) is 9.78 Å². The highest BCUT2D eigenvalue weighted by molar-refractivity contribution is 6.33. The number of carbonyl (C=O) groups excluding carboxylic acids is 1. The fourth-order valence-electron chi connectivity index (χ4n) is 4.91. The lowest BCUT2D eigenvalue weighted by Gasteiger charge is -2.13. The minimum atomic E-state index is -0.106. The molecule has 0 aliphatic rings. The van der Waals surface area contributed by atoms with Crippen LogP contribution in [0.5, 0.6) is 0 Å². The molecule has 0 aliphatic heterocycles. The van der Waals surface area contributed by atoms with Gasteiger partial charge in [0.2, 0.25) is 5.91 Å². The fraction of sp³-hybridized carbons (Fsp3) is 0.242. The Hall–Kier alpha value is -4.04. The number of fused-ring (bicyclic) bond motifs is 3. The Kier molecular flexibility index (Phi) is 9.75. The van der Waals surface area contributed by atoms with Crippen LogP contribution in [0.3, 0.4) is 0 Å². The first-order valence-electron chi connectivity index (χ1n) is 14.0. The van der Waals surface area contributed by atoms with Gasteiger partial charge in [0.1, 0.15) is 5.82 Å². The van der Waals surface area contributed by atoms with Gasteiger partial charge in [0.25, 0.3) is 0 Å². The van der Waals surface area contributed by atoms with Gasteiger partial charge in [-0.05, 0) is 61.3 Å². The van der Waals surface area contributed by atoms with Crippen molar-refractivity contribution in [3.63, 3.8) is 0 Å². The number of anilines is 2. The third-order valence-electron chi connectivity index (χ3n) is 6.92. The Morgan fingerprint density at radius 2 is 1.66 bits per heavy atom. The van der Waals surface area contributed by atoms with Crippen molar-refractivity contribution in [2.45, 2.75) is 26.3 Å². The molecule has 0 saturated carbocycles. The van der Waals surface area contributed by atoms with Crippen LogP contribution in [0, 0.1) is 0 Å². The van der Waals surface area contributed by atoms with Crippen LogP contribution in [0.1, 0.15) is 25.3 Å². The molecule has 0 bridgehead atoms. The van der Waals surface area contributed by atoms with E-state index in [1.165, 1.54) is 12.5 Å². The number of rotatable bonds is 13. The van der Waals surface area contributed by atoms with E-state index in [0.717, 1.165) is 94.9 Å². The summed E-state index contributed by atoms with van der Waals surface area (Å²) in [7, 11) is 0. The second-order valence-corrected chi connectivity index (χ2v) is 10.4. The molecular weight excluding hydrogens is 532 g/mol. The van der Waals surface area contributed by atoms with E-state index in [0.29, 0.717) is 0 Å². The molecular formula is C33H35ClN6O. The average Bonchev–Trinajstić information content (AvgIpc) is 2.98. The van der Waals surface area contributed by atoms with Crippen molar-refractivity contribution >= 4 is 50.7 Å². The molecule has 0 atom stereocenters. The molecule has 7 nitrogen and oxygen atoms in total. The molecule has 210 valence electrons. The molecule has 0 unspecified atom stereocenters. The summed E-state index contributed by atoms with van der Waals surface area (Å²) in [6.45, 7) is 5.80. The van der Waals surface area contributed by atoms with Gasteiger partial charge in [0.05, 0.1) is 5.52 Å². The molecule has 0 radical (unpaired) electrons. The van der Waals surface area contributed by atoms with Gasteiger partial charge in [-0.2, -0.15) is 0 Å². The van der Waals surface area contributed by atoms with Gasteiger partial charge < -0.3 is 21.3 Å². The van der Waals surface area contributed by atoms with Crippen LogP contribution in [0.4, 0.5) is 11.5 Å². The zero-order chi connectivity index (χ0) is 28.4. The number of hydrogen-bond acceptors (Lipinski definition) is 6. The quantitative estimate of drug-likeness (QED) is 0.0944. The summed E-state index contributed by atoms with van der Waals surface area (Å²) in [5, 5.41) is 17.2. The monoisotopic (exact) mass is 566 g/mol. The van der Waals surface area contributed by atoms with E-state index in [4.69, 9.17) is 16.6 Å². The molecule has 8 heteroatoms. The van der Waals surface area contributed by atoms with E-state index in [-0.39, 0.29) is 5.91 Å². The number of aromatic nitrogens is 2. The van der Waals surface area contributed by atoms with E-state index in [2.05, 4.69) is 56.6 Å². The van der Waals surface area contributed by atoms with E-state index in [1.807, 2.05) is 48.7 Å². The van der Waals surface area contributed by atoms with Crippen molar-refractivity contribution in [2.75, 3.05) is 36.8 Å². The molecule has 0 saturated heterocycles. The first kappa shape index (κ1) is 28.5. The van der Waals surface area contributed by atoms with Crippen LogP contribution in [0.15, 0.2) is 85.2 Å². The molecule has 0 aliphatic carbocycles. The lowest BCUT2D eigenvalue weighted by atomic mass is 10.0. The summed E-state index contributed by atoms with van der Waals surface area (Å²) in [4.78, 5) is 20.7. The zero-order valence-electron chi connectivity index (χ0n) is 23.2. The minimum Gasteiger partial charge on any atom is -0.368 e. The summed E-state index contributed by atoms with van der Waals surface area (Å²) in [5.41, 5.74) is 4.93. The summed E-state index contributed by atoms with van der Waals surface area (Å²) in [5.74, 6) is 0.712. The summed E-state index contributed by atoms with van der Waals surface area (Å²) >= 11 is 6.54. The zero-order valence-corrected chi connectivity index (χ0v) is 24.0. The van der Waals surface area contributed by atoms with Crippen LogP contribution in [0.2, 0.25) is 5.02 Å². The SMILES string of the molecule is CC(=O)Nc1ccc2c(c1)nc(NCCNCCCCNCc1ccc(-c3ccccc3)c(Cl)c1)c1ccncc12. The summed E-state index contributed by atoms with van der Waals surface area (Å²) in [6, 6.07) is 24.3. The maximum atomic E-state index is 11.5. The van der Waals surface area contributed by atoms with Crippen molar-refractivity contribution in [1.82, 2.24) is 20.6 Å². The molecule has 5 aromatic rings. The minimum absolute atomic E-state index is 0.106. The highest BCUT2D eigenvalue weighted by Gasteiger charge is 2.10. The number of nitrogens with zero attached hydrogens (tertiary/aromatic N) is 2. The number of pyridine rings is 2. The van der Waals surface area contributed by atoms with E-state index < -0.39 is 0 Å². The van der Waals surface area contributed by atoms with Crippen molar-refractivity contribution in [2.24, 2.45) is 0 Å².